The minimum atomic E-state index is -0.112. The van der Waals surface area contributed by atoms with Crippen LogP contribution in [0.5, 0.6) is 0 Å². The van der Waals surface area contributed by atoms with Gasteiger partial charge in [-0.1, -0.05) is 44.9 Å². The predicted molar refractivity (Wildman–Crippen MR) is 77.0 cm³/mol. The van der Waals surface area contributed by atoms with E-state index in [4.69, 9.17) is 0 Å². The number of carbonyl (C=O) groups is 2. The fraction of sp³-hybridized carbons (Fsp3) is 0.882. The van der Waals surface area contributed by atoms with Crippen LogP contribution in [0.4, 0.5) is 0 Å². The first kappa shape index (κ1) is 14.7. The Morgan fingerprint density at radius 3 is 1.74 bits per heavy atom. The summed E-state index contributed by atoms with van der Waals surface area (Å²) < 4.78 is 0. The van der Waals surface area contributed by atoms with E-state index in [1.807, 2.05) is 0 Å². The molecule has 2 unspecified atom stereocenters. The van der Waals surface area contributed by atoms with Crippen molar-refractivity contribution in [3.63, 3.8) is 0 Å². The summed E-state index contributed by atoms with van der Waals surface area (Å²) in [5.41, 5.74) is 0. The molecular weight excluding hydrogens is 236 g/mol. The summed E-state index contributed by atoms with van der Waals surface area (Å²) in [6, 6.07) is 0. The lowest BCUT2D eigenvalue weighted by Gasteiger charge is -2.05. The highest BCUT2D eigenvalue weighted by Gasteiger charge is 2.35. The molecule has 2 heteroatoms. The molecule has 0 saturated heterocycles. The molecule has 2 atom stereocenters. The fourth-order valence-corrected chi connectivity index (χ4v) is 3.40. The van der Waals surface area contributed by atoms with Gasteiger partial charge in [-0.25, -0.2) is 0 Å². The Morgan fingerprint density at radius 2 is 1.05 bits per heavy atom. The van der Waals surface area contributed by atoms with Crippen molar-refractivity contribution in [2.45, 2.75) is 83.5 Å². The van der Waals surface area contributed by atoms with Crippen molar-refractivity contribution in [1.82, 2.24) is 0 Å². The third kappa shape index (κ3) is 5.46. The standard InChI is InChI=1S/C17H28O2/c18-16-11-7-5-3-1-2-4-6-9-14-13-15(14)10-8-12-17(16)19/h14-15H,1-13H2. The highest BCUT2D eigenvalue weighted by Crippen LogP contribution is 2.45. The van der Waals surface area contributed by atoms with E-state index in [-0.39, 0.29) is 11.6 Å². The average molecular weight is 264 g/mol. The molecule has 2 aliphatic rings. The lowest BCUT2D eigenvalue weighted by molar-refractivity contribution is -0.136. The molecule has 0 radical (unpaired) electrons. The summed E-state index contributed by atoms with van der Waals surface area (Å²) in [7, 11) is 0. The van der Waals surface area contributed by atoms with Crippen LogP contribution in [0.3, 0.4) is 0 Å². The first-order chi connectivity index (χ1) is 9.27. The van der Waals surface area contributed by atoms with Crippen LogP contribution in [0.15, 0.2) is 0 Å². The molecule has 19 heavy (non-hydrogen) atoms. The molecule has 0 aliphatic heterocycles. The molecule has 2 rings (SSSR count). The first-order valence-corrected chi connectivity index (χ1v) is 8.33. The van der Waals surface area contributed by atoms with Crippen molar-refractivity contribution in [3.05, 3.63) is 0 Å². The third-order valence-corrected chi connectivity index (χ3v) is 4.84. The zero-order valence-electron chi connectivity index (χ0n) is 12.2. The van der Waals surface area contributed by atoms with Gasteiger partial charge in [-0.2, -0.15) is 0 Å². The molecule has 0 spiro atoms. The van der Waals surface area contributed by atoms with Crippen LogP contribution in [0.2, 0.25) is 0 Å². The summed E-state index contributed by atoms with van der Waals surface area (Å²) in [5.74, 6) is 1.60. The number of Topliss-reactive ketones (excluding diaryl/α,β-unsaturated/α-hetero) is 2. The van der Waals surface area contributed by atoms with Crippen molar-refractivity contribution in [2.24, 2.45) is 11.8 Å². The first-order valence-electron chi connectivity index (χ1n) is 8.33. The maximum absolute atomic E-state index is 11.7. The Labute approximate surface area is 117 Å². The summed E-state index contributed by atoms with van der Waals surface area (Å²) >= 11 is 0. The number of fused-ring (bicyclic) bond motifs is 1. The zero-order chi connectivity index (χ0) is 13.5. The van der Waals surface area contributed by atoms with Crippen molar-refractivity contribution < 1.29 is 9.59 Å². The van der Waals surface area contributed by atoms with Crippen molar-refractivity contribution >= 4 is 11.6 Å². The third-order valence-electron chi connectivity index (χ3n) is 4.84. The van der Waals surface area contributed by atoms with Crippen LogP contribution in [-0.2, 0) is 9.59 Å². The van der Waals surface area contributed by atoms with Gasteiger partial charge < -0.3 is 0 Å². The Balaban J connectivity index is 1.72. The molecule has 0 amide bonds. The average Bonchev–Trinajstić information content (AvgIpc) is 3.14. The summed E-state index contributed by atoms with van der Waals surface area (Å²) in [5, 5.41) is 0. The van der Waals surface area contributed by atoms with E-state index in [1.54, 1.807) is 0 Å². The zero-order valence-corrected chi connectivity index (χ0v) is 12.2. The van der Waals surface area contributed by atoms with E-state index in [0.29, 0.717) is 12.8 Å². The van der Waals surface area contributed by atoms with Gasteiger partial charge in [-0.15, -0.1) is 0 Å². The Bertz CT molecular complexity index is 308. The van der Waals surface area contributed by atoms with Gasteiger partial charge in [0.2, 0.25) is 0 Å². The van der Waals surface area contributed by atoms with E-state index in [0.717, 1.165) is 31.1 Å². The number of carbonyl (C=O) groups excluding carboxylic acids is 2. The monoisotopic (exact) mass is 264 g/mol. The van der Waals surface area contributed by atoms with Crippen LogP contribution in [0, 0.1) is 11.8 Å². The summed E-state index contributed by atoms with van der Waals surface area (Å²) in [6.45, 7) is 0. The van der Waals surface area contributed by atoms with Crippen LogP contribution in [0.25, 0.3) is 0 Å². The molecule has 2 saturated carbocycles. The minimum absolute atomic E-state index is 0.107. The maximum atomic E-state index is 11.7. The number of rotatable bonds is 0. The lowest BCUT2D eigenvalue weighted by atomic mass is 10.00. The quantitative estimate of drug-likeness (QED) is 0.605. The van der Waals surface area contributed by atoms with Crippen LogP contribution >= 0.6 is 0 Å². The normalized spacial score (nSPS) is 31.8. The van der Waals surface area contributed by atoms with Gasteiger partial charge in [0.15, 0.2) is 11.6 Å². The molecule has 108 valence electrons. The number of hydrogen-bond donors (Lipinski definition) is 0. The van der Waals surface area contributed by atoms with Crippen LogP contribution in [-0.4, -0.2) is 11.6 Å². The molecule has 0 aromatic rings. The van der Waals surface area contributed by atoms with Crippen molar-refractivity contribution in [1.29, 1.82) is 0 Å². The molecule has 2 aliphatic carbocycles. The molecule has 2 nitrogen and oxygen atoms in total. The highest BCUT2D eigenvalue weighted by molar-refractivity contribution is 6.37. The highest BCUT2D eigenvalue weighted by atomic mass is 16.2. The number of ketones is 2. The Hall–Kier alpha value is -0.660. The second-order valence-corrected chi connectivity index (χ2v) is 6.51. The summed E-state index contributed by atoms with van der Waals surface area (Å²) in [6.07, 6.45) is 14.6. The SMILES string of the molecule is O=C1CCCCCCCCCC2CC2CCCC1=O. The van der Waals surface area contributed by atoms with Crippen LogP contribution in [0.1, 0.15) is 83.5 Å². The van der Waals surface area contributed by atoms with E-state index < -0.39 is 0 Å². The van der Waals surface area contributed by atoms with Gasteiger partial charge in [0.05, 0.1) is 0 Å². The second-order valence-electron chi connectivity index (χ2n) is 6.51. The van der Waals surface area contributed by atoms with Gasteiger partial charge in [0.25, 0.3) is 0 Å². The van der Waals surface area contributed by atoms with Gasteiger partial charge in [-0.05, 0) is 37.5 Å². The van der Waals surface area contributed by atoms with Crippen molar-refractivity contribution in [2.75, 3.05) is 0 Å². The smallest absolute Gasteiger partial charge is 0.198 e. The van der Waals surface area contributed by atoms with Gasteiger partial charge >= 0.3 is 0 Å². The molecular formula is C17H28O2. The second kappa shape index (κ2) is 7.81. The molecule has 0 bridgehead atoms. The minimum Gasteiger partial charge on any atom is -0.291 e. The van der Waals surface area contributed by atoms with Gasteiger partial charge in [-0.3, -0.25) is 9.59 Å². The van der Waals surface area contributed by atoms with E-state index in [9.17, 15) is 9.59 Å². The van der Waals surface area contributed by atoms with Gasteiger partial charge in [0, 0.05) is 12.8 Å². The largest absolute Gasteiger partial charge is 0.291 e. The van der Waals surface area contributed by atoms with E-state index in [1.165, 1.54) is 51.4 Å². The molecule has 0 N–H and O–H groups in total. The molecule has 0 heterocycles. The summed E-state index contributed by atoms with van der Waals surface area (Å²) in [4.78, 5) is 23.3. The predicted octanol–water partition coefficient (Wildman–Crippen LogP) is 4.46. The Morgan fingerprint density at radius 1 is 0.579 bits per heavy atom. The molecule has 0 aromatic heterocycles. The maximum Gasteiger partial charge on any atom is 0.198 e. The van der Waals surface area contributed by atoms with Gasteiger partial charge in [0.1, 0.15) is 0 Å². The fourth-order valence-electron chi connectivity index (χ4n) is 3.40. The molecule has 0 aromatic carbocycles. The number of hydrogen-bond acceptors (Lipinski definition) is 2. The molecule has 2 fully saturated rings. The van der Waals surface area contributed by atoms with E-state index >= 15 is 0 Å². The van der Waals surface area contributed by atoms with E-state index in [2.05, 4.69) is 0 Å². The van der Waals surface area contributed by atoms with Crippen molar-refractivity contribution in [3.8, 4) is 0 Å². The lowest BCUT2D eigenvalue weighted by Crippen LogP contribution is -2.13. The van der Waals surface area contributed by atoms with Crippen LogP contribution < -0.4 is 0 Å². The Kier molecular flexibility index (Phi) is 6.06. The topological polar surface area (TPSA) is 34.1 Å².